The molecule has 3 rings (SSSR count). The monoisotopic (exact) mass is 232 g/mol. The summed E-state index contributed by atoms with van der Waals surface area (Å²) in [5.74, 6) is -0.109. The topological polar surface area (TPSA) is 37.3 Å². The number of aliphatic carboxylic acids is 1. The van der Waals surface area contributed by atoms with Gasteiger partial charge in [0.05, 0.1) is 5.41 Å². The number of rotatable bonds is 1. The van der Waals surface area contributed by atoms with Crippen molar-refractivity contribution in [2.45, 2.75) is 51.4 Å². The summed E-state index contributed by atoms with van der Waals surface area (Å²) in [6, 6.07) is 0. The van der Waals surface area contributed by atoms with Crippen LogP contribution in [-0.4, -0.2) is 11.1 Å². The zero-order valence-electron chi connectivity index (χ0n) is 10.2. The fraction of sp³-hybridized carbons (Fsp3) is 0.667. The molecule has 1 fully saturated rings. The van der Waals surface area contributed by atoms with Crippen LogP contribution in [0.2, 0.25) is 0 Å². The molecule has 0 aromatic heterocycles. The van der Waals surface area contributed by atoms with E-state index in [1.54, 1.807) is 0 Å². The molecule has 0 bridgehead atoms. The van der Waals surface area contributed by atoms with Crippen LogP contribution in [0.1, 0.15) is 51.4 Å². The van der Waals surface area contributed by atoms with Crippen molar-refractivity contribution in [2.75, 3.05) is 0 Å². The van der Waals surface area contributed by atoms with Crippen LogP contribution in [0.15, 0.2) is 23.3 Å². The number of hydrogen-bond acceptors (Lipinski definition) is 1. The average molecular weight is 232 g/mol. The predicted octanol–water partition coefficient (Wildman–Crippen LogP) is 3.69. The number of carbonyl (C=O) groups is 1. The predicted molar refractivity (Wildman–Crippen MR) is 66.7 cm³/mol. The van der Waals surface area contributed by atoms with Gasteiger partial charge in [-0.1, -0.05) is 17.7 Å². The normalized spacial score (nSPS) is 36.4. The van der Waals surface area contributed by atoms with Crippen molar-refractivity contribution in [3.8, 4) is 0 Å². The molecule has 0 aromatic carbocycles. The Bertz CT molecular complexity index is 405. The van der Waals surface area contributed by atoms with E-state index in [0.717, 1.165) is 32.1 Å². The third kappa shape index (κ3) is 1.57. The van der Waals surface area contributed by atoms with Crippen LogP contribution in [0.4, 0.5) is 0 Å². The van der Waals surface area contributed by atoms with Crippen LogP contribution >= 0.6 is 0 Å². The second-order valence-corrected chi connectivity index (χ2v) is 5.70. The molecule has 1 N–H and O–H groups in total. The number of hydrogen-bond donors (Lipinski definition) is 1. The van der Waals surface area contributed by atoms with E-state index in [0.29, 0.717) is 5.92 Å². The SMILES string of the molecule is O=C(O)C12CCCC=C1C1CCCC=C1CC2. The lowest BCUT2D eigenvalue weighted by Gasteiger charge is -2.45. The number of allylic oxidation sites excluding steroid dienone is 3. The van der Waals surface area contributed by atoms with Gasteiger partial charge in [0, 0.05) is 5.92 Å². The molecule has 2 heteroatoms. The molecule has 0 aromatic rings. The van der Waals surface area contributed by atoms with Crippen molar-refractivity contribution >= 4 is 5.97 Å². The number of carboxylic acid groups (broad SMARTS) is 1. The van der Waals surface area contributed by atoms with E-state index in [2.05, 4.69) is 12.2 Å². The highest BCUT2D eigenvalue weighted by molar-refractivity contribution is 5.80. The maximum atomic E-state index is 11.7. The van der Waals surface area contributed by atoms with Crippen molar-refractivity contribution in [2.24, 2.45) is 11.3 Å². The Kier molecular flexibility index (Phi) is 2.61. The lowest BCUT2D eigenvalue weighted by Crippen LogP contribution is -2.41. The van der Waals surface area contributed by atoms with Gasteiger partial charge in [-0.05, 0) is 56.9 Å². The van der Waals surface area contributed by atoms with Crippen molar-refractivity contribution in [1.29, 1.82) is 0 Å². The second kappa shape index (κ2) is 4.01. The van der Waals surface area contributed by atoms with Gasteiger partial charge in [0.1, 0.15) is 0 Å². The van der Waals surface area contributed by atoms with E-state index in [1.807, 2.05) is 0 Å². The van der Waals surface area contributed by atoms with Crippen LogP contribution in [0.3, 0.4) is 0 Å². The van der Waals surface area contributed by atoms with Crippen LogP contribution in [-0.2, 0) is 4.79 Å². The summed E-state index contributed by atoms with van der Waals surface area (Å²) in [5.41, 5.74) is 2.28. The Morgan fingerprint density at radius 1 is 1.24 bits per heavy atom. The molecule has 2 unspecified atom stereocenters. The van der Waals surface area contributed by atoms with Crippen LogP contribution in [0.5, 0.6) is 0 Å². The smallest absolute Gasteiger partial charge is 0.313 e. The van der Waals surface area contributed by atoms with Crippen LogP contribution < -0.4 is 0 Å². The highest BCUT2D eigenvalue weighted by Gasteiger charge is 2.49. The average Bonchev–Trinajstić information content (AvgIpc) is 2.38. The third-order valence-corrected chi connectivity index (χ3v) is 4.90. The largest absolute Gasteiger partial charge is 0.481 e. The Balaban J connectivity index is 2.04. The molecule has 17 heavy (non-hydrogen) atoms. The molecule has 0 amide bonds. The van der Waals surface area contributed by atoms with E-state index in [-0.39, 0.29) is 0 Å². The lowest BCUT2D eigenvalue weighted by molar-refractivity contribution is -0.148. The van der Waals surface area contributed by atoms with E-state index >= 15 is 0 Å². The third-order valence-electron chi connectivity index (χ3n) is 4.90. The maximum absolute atomic E-state index is 11.7. The first-order chi connectivity index (χ1) is 8.24. The Hall–Kier alpha value is -1.05. The molecule has 0 radical (unpaired) electrons. The first kappa shape index (κ1) is 11.1. The summed E-state index contributed by atoms with van der Waals surface area (Å²) in [6.45, 7) is 0. The summed E-state index contributed by atoms with van der Waals surface area (Å²) < 4.78 is 0. The zero-order valence-corrected chi connectivity index (χ0v) is 10.2. The zero-order chi connectivity index (χ0) is 11.9. The van der Waals surface area contributed by atoms with Gasteiger partial charge in [0.2, 0.25) is 0 Å². The van der Waals surface area contributed by atoms with Crippen molar-refractivity contribution in [3.05, 3.63) is 23.3 Å². The fourth-order valence-electron chi connectivity index (χ4n) is 4.01. The van der Waals surface area contributed by atoms with E-state index in [1.165, 1.54) is 30.4 Å². The van der Waals surface area contributed by atoms with Crippen LogP contribution in [0, 0.1) is 11.3 Å². The van der Waals surface area contributed by atoms with Gasteiger partial charge in [-0.15, -0.1) is 0 Å². The minimum absolute atomic E-state index is 0.467. The Morgan fingerprint density at radius 2 is 2.06 bits per heavy atom. The van der Waals surface area contributed by atoms with Gasteiger partial charge >= 0.3 is 5.97 Å². The maximum Gasteiger partial charge on any atom is 0.313 e. The van der Waals surface area contributed by atoms with E-state index < -0.39 is 11.4 Å². The molecular weight excluding hydrogens is 212 g/mol. The number of carboxylic acids is 1. The van der Waals surface area contributed by atoms with Gasteiger partial charge in [0.25, 0.3) is 0 Å². The highest BCUT2D eigenvalue weighted by Crippen LogP contribution is 2.54. The van der Waals surface area contributed by atoms with E-state index in [9.17, 15) is 9.90 Å². The quantitative estimate of drug-likeness (QED) is 0.700. The van der Waals surface area contributed by atoms with Gasteiger partial charge in [-0.2, -0.15) is 0 Å². The van der Waals surface area contributed by atoms with Crippen LogP contribution in [0.25, 0.3) is 0 Å². The van der Waals surface area contributed by atoms with Gasteiger partial charge < -0.3 is 5.11 Å². The van der Waals surface area contributed by atoms with E-state index in [4.69, 9.17) is 0 Å². The molecule has 3 aliphatic carbocycles. The molecule has 0 heterocycles. The molecule has 0 saturated heterocycles. The molecule has 0 aliphatic heterocycles. The van der Waals surface area contributed by atoms with Gasteiger partial charge in [-0.3, -0.25) is 4.79 Å². The minimum Gasteiger partial charge on any atom is -0.481 e. The van der Waals surface area contributed by atoms with Gasteiger partial charge in [-0.25, -0.2) is 0 Å². The second-order valence-electron chi connectivity index (χ2n) is 5.70. The highest BCUT2D eigenvalue weighted by atomic mass is 16.4. The summed E-state index contributed by atoms with van der Waals surface area (Å²) in [4.78, 5) is 11.7. The standard InChI is InChI=1S/C15H20O2/c16-14(17)15-9-4-3-7-13(15)12-6-2-1-5-11(12)8-10-15/h5,7,12H,1-4,6,8-10H2,(H,16,17). The molecular formula is C15H20O2. The summed E-state index contributed by atoms with van der Waals surface area (Å²) in [6.07, 6.45) is 13.0. The first-order valence-corrected chi connectivity index (χ1v) is 6.87. The summed E-state index contributed by atoms with van der Waals surface area (Å²) in [5, 5.41) is 9.65. The van der Waals surface area contributed by atoms with Gasteiger partial charge in [0.15, 0.2) is 0 Å². The van der Waals surface area contributed by atoms with Crippen molar-refractivity contribution < 1.29 is 9.90 Å². The Morgan fingerprint density at radius 3 is 2.88 bits per heavy atom. The lowest BCUT2D eigenvalue weighted by atomic mass is 9.58. The summed E-state index contributed by atoms with van der Waals surface area (Å²) in [7, 11) is 0. The molecule has 3 aliphatic rings. The molecule has 2 atom stereocenters. The first-order valence-electron chi connectivity index (χ1n) is 6.87. The molecule has 92 valence electrons. The molecule has 2 nitrogen and oxygen atoms in total. The molecule has 0 spiro atoms. The number of fused-ring (bicyclic) bond motifs is 3. The summed E-state index contributed by atoms with van der Waals surface area (Å²) >= 11 is 0. The van der Waals surface area contributed by atoms with Crippen molar-refractivity contribution in [3.63, 3.8) is 0 Å². The Labute approximate surface area is 102 Å². The van der Waals surface area contributed by atoms with Crippen molar-refractivity contribution in [1.82, 2.24) is 0 Å². The minimum atomic E-state index is -0.576. The fourth-order valence-corrected chi connectivity index (χ4v) is 4.01. The molecule has 1 saturated carbocycles.